The van der Waals surface area contributed by atoms with E-state index < -0.39 is 0 Å². The molecule has 7 heteroatoms. The van der Waals surface area contributed by atoms with Crippen molar-refractivity contribution in [3.8, 4) is 16.9 Å². The second kappa shape index (κ2) is 7.61. The number of carbonyl (C=O) groups is 2. The Morgan fingerprint density at radius 2 is 2.04 bits per heavy atom. The number of aromatic nitrogens is 1. The van der Waals surface area contributed by atoms with Crippen LogP contribution in [0.3, 0.4) is 0 Å². The summed E-state index contributed by atoms with van der Waals surface area (Å²) in [6.07, 6.45) is 3.50. The van der Waals surface area contributed by atoms with E-state index in [1.54, 1.807) is 31.6 Å². The molecular formula is C17H15ClN2O4. The van der Waals surface area contributed by atoms with Gasteiger partial charge in [-0.05, 0) is 29.8 Å². The van der Waals surface area contributed by atoms with Crippen LogP contribution in [0.1, 0.15) is 17.5 Å². The number of nitrogens with two attached hydrogens (primary N) is 1. The van der Waals surface area contributed by atoms with Crippen molar-refractivity contribution in [2.75, 3.05) is 7.11 Å². The highest BCUT2D eigenvalue weighted by atomic mass is 35.5. The Bertz CT molecular complexity index is 889. The maximum atomic E-state index is 11.6. The van der Waals surface area contributed by atoms with E-state index in [1.807, 2.05) is 12.1 Å². The fourth-order valence-corrected chi connectivity index (χ4v) is 2.48. The Labute approximate surface area is 143 Å². The Morgan fingerprint density at radius 3 is 2.62 bits per heavy atom. The van der Waals surface area contributed by atoms with E-state index in [1.165, 1.54) is 6.92 Å². The SMILES string of the molecule is COc1ccc(-c2ccncc2Cl)c2cc(C(C)=O)oc12.NC=O. The quantitative estimate of drug-likeness (QED) is 0.578. The normalized spacial score (nSPS) is 9.96. The summed E-state index contributed by atoms with van der Waals surface area (Å²) in [5, 5.41) is 1.32. The Kier molecular flexibility index (Phi) is 5.55. The number of hydrogen-bond acceptors (Lipinski definition) is 5. The number of nitrogens with zero attached hydrogens (tertiary/aromatic N) is 1. The first-order valence-corrected chi connectivity index (χ1v) is 7.28. The lowest BCUT2D eigenvalue weighted by Gasteiger charge is -2.07. The predicted octanol–water partition coefficient (Wildman–Crippen LogP) is 3.46. The van der Waals surface area contributed by atoms with Crippen LogP contribution in [0.2, 0.25) is 5.02 Å². The van der Waals surface area contributed by atoms with E-state index in [0.29, 0.717) is 22.1 Å². The lowest BCUT2D eigenvalue weighted by Crippen LogP contribution is -1.86. The predicted molar refractivity (Wildman–Crippen MR) is 91.3 cm³/mol. The third-order valence-electron chi connectivity index (χ3n) is 3.28. The molecule has 0 aliphatic carbocycles. The van der Waals surface area contributed by atoms with Gasteiger partial charge in [-0.15, -0.1) is 0 Å². The molecule has 6 nitrogen and oxygen atoms in total. The minimum atomic E-state index is -0.139. The number of amides is 1. The van der Waals surface area contributed by atoms with Gasteiger partial charge in [-0.1, -0.05) is 11.6 Å². The maximum Gasteiger partial charge on any atom is 0.204 e. The Balaban J connectivity index is 0.000000647. The Hall–Kier alpha value is -2.86. The van der Waals surface area contributed by atoms with Gasteiger partial charge in [-0.2, -0.15) is 0 Å². The molecule has 0 aliphatic heterocycles. The van der Waals surface area contributed by atoms with Gasteiger partial charge in [-0.3, -0.25) is 14.6 Å². The fourth-order valence-electron chi connectivity index (χ4n) is 2.26. The van der Waals surface area contributed by atoms with Gasteiger partial charge in [0.1, 0.15) is 0 Å². The van der Waals surface area contributed by atoms with Crippen LogP contribution in [0.25, 0.3) is 22.1 Å². The smallest absolute Gasteiger partial charge is 0.204 e. The molecule has 0 aliphatic rings. The van der Waals surface area contributed by atoms with Crippen LogP contribution >= 0.6 is 11.6 Å². The molecule has 0 saturated carbocycles. The van der Waals surface area contributed by atoms with Crippen LogP contribution in [0.15, 0.2) is 41.1 Å². The van der Waals surface area contributed by atoms with Crippen molar-refractivity contribution in [3.05, 3.63) is 47.4 Å². The van der Waals surface area contributed by atoms with Crippen molar-refractivity contribution in [1.82, 2.24) is 4.98 Å². The third-order valence-corrected chi connectivity index (χ3v) is 3.58. The topological polar surface area (TPSA) is 95.4 Å². The first kappa shape index (κ1) is 17.5. The van der Waals surface area contributed by atoms with Crippen molar-refractivity contribution in [1.29, 1.82) is 0 Å². The monoisotopic (exact) mass is 346 g/mol. The summed E-state index contributed by atoms with van der Waals surface area (Å²) in [5.41, 5.74) is 6.40. The molecule has 24 heavy (non-hydrogen) atoms. The van der Waals surface area contributed by atoms with Crippen molar-refractivity contribution in [2.24, 2.45) is 5.73 Å². The second-order valence-electron chi connectivity index (χ2n) is 4.72. The van der Waals surface area contributed by atoms with Crippen LogP contribution in [-0.4, -0.2) is 24.3 Å². The molecule has 0 radical (unpaired) electrons. The number of benzene rings is 1. The summed E-state index contributed by atoms with van der Waals surface area (Å²) < 4.78 is 10.9. The zero-order valence-corrected chi connectivity index (χ0v) is 13.8. The molecule has 124 valence electrons. The molecule has 1 amide bonds. The van der Waals surface area contributed by atoms with Crippen molar-refractivity contribution in [2.45, 2.75) is 6.92 Å². The highest BCUT2D eigenvalue weighted by Gasteiger charge is 2.17. The van der Waals surface area contributed by atoms with Gasteiger partial charge in [-0.25, -0.2) is 0 Å². The van der Waals surface area contributed by atoms with Crippen LogP contribution in [-0.2, 0) is 4.79 Å². The number of methoxy groups -OCH3 is 1. The second-order valence-corrected chi connectivity index (χ2v) is 5.12. The van der Waals surface area contributed by atoms with E-state index in [0.717, 1.165) is 16.5 Å². The molecular weight excluding hydrogens is 332 g/mol. The number of hydrogen-bond donors (Lipinski definition) is 1. The van der Waals surface area contributed by atoms with E-state index in [9.17, 15) is 4.79 Å². The number of ketones is 1. The molecule has 0 atom stereocenters. The summed E-state index contributed by atoms with van der Waals surface area (Å²) in [6, 6.07) is 7.22. The molecule has 2 heterocycles. The number of ether oxygens (including phenoxy) is 1. The van der Waals surface area contributed by atoms with Crippen molar-refractivity contribution >= 4 is 34.8 Å². The van der Waals surface area contributed by atoms with E-state index in [4.69, 9.17) is 25.5 Å². The van der Waals surface area contributed by atoms with Crippen molar-refractivity contribution in [3.63, 3.8) is 0 Å². The number of Topliss-reactive ketones (excluding diaryl/α,β-unsaturated/α-hetero) is 1. The molecule has 2 N–H and O–H groups in total. The van der Waals surface area contributed by atoms with Crippen molar-refractivity contribution < 1.29 is 18.7 Å². The first-order chi connectivity index (χ1) is 11.5. The van der Waals surface area contributed by atoms with Crippen LogP contribution in [0.4, 0.5) is 0 Å². The standard InChI is InChI=1S/C16H12ClNO3.CH3NO/c1-9(19)15-7-12-10(11-5-6-18-8-13(11)17)3-4-14(20-2)16(12)21-15;2-1-3/h3-8H,1-2H3;1H,(H2,2,3). The average Bonchev–Trinajstić information content (AvgIpc) is 3.01. The van der Waals surface area contributed by atoms with Crippen LogP contribution in [0, 0.1) is 0 Å². The summed E-state index contributed by atoms with van der Waals surface area (Å²) in [4.78, 5) is 24.1. The number of primary amides is 1. The van der Waals surface area contributed by atoms with Crippen LogP contribution in [0.5, 0.6) is 5.75 Å². The molecule has 3 aromatic rings. The van der Waals surface area contributed by atoms with Gasteiger partial charge >= 0.3 is 0 Å². The summed E-state index contributed by atoms with van der Waals surface area (Å²) >= 11 is 6.21. The summed E-state index contributed by atoms with van der Waals surface area (Å²) in [7, 11) is 1.56. The zero-order chi connectivity index (χ0) is 17.7. The van der Waals surface area contributed by atoms with Gasteiger partial charge in [0.05, 0.1) is 12.1 Å². The molecule has 0 fully saturated rings. The molecule has 2 aromatic heterocycles. The number of rotatable bonds is 3. The zero-order valence-electron chi connectivity index (χ0n) is 13.1. The lowest BCUT2D eigenvalue weighted by molar-refractivity contribution is -0.106. The first-order valence-electron chi connectivity index (χ1n) is 6.90. The minimum absolute atomic E-state index is 0.139. The number of pyridine rings is 1. The largest absolute Gasteiger partial charge is 0.493 e. The van der Waals surface area contributed by atoms with Gasteiger partial charge in [0, 0.05) is 30.3 Å². The average molecular weight is 347 g/mol. The van der Waals surface area contributed by atoms with Gasteiger partial charge in [0.25, 0.3) is 0 Å². The van der Waals surface area contributed by atoms with Gasteiger partial charge in [0.2, 0.25) is 6.41 Å². The number of carbonyl (C=O) groups excluding carboxylic acids is 2. The van der Waals surface area contributed by atoms with E-state index >= 15 is 0 Å². The Morgan fingerprint density at radius 1 is 1.33 bits per heavy atom. The highest BCUT2D eigenvalue weighted by molar-refractivity contribution is 6.33. The fraction of sp³-hybridized carbons (Fsp3) is 0.118. The molecule has 0 bridgehead atoms. The number of halogens is 1. The van der Waals surface area contributed by atoms with Gasteiger partial charge < -0.3 is 14.9 Å². The molecule has 3 rings (SSSR count). The molecule has 0 spiro atoms. The lowest BCUT2D eigenvalue weighted by atomic mass is 10.0. The molecule has 1 aromatic carbocycles. The minimum Gasteiger partial charge on any atom is -0.493 e. The third kappa shape index (κ3) is 3.38. The van der Waals surface area contributed by atoms with E-state index in [-0.39, 0.29) is 12.2 Å². The molecule has 0 saturated heterocycles. The van der Waals surface area contributed by atoms with Crippen LogP contribution < -0.4 is 10.5 Å². The number of furan rings is 1. The number of fused-ring (bicyclic) bond motifs is 1. The highest BCUT2D eigenvalue weighted by Crippen LogP contribution is 2.38. The van der Waals surface area contributed by atoms with Gasteiger partial charge in [0.15, 0.2) is 22.9 Å². The summed E-state index contributed by atoms with van der Waals surface area (Å²) in [6.45, 7) is 1.46. The molecule has 0 unspecified atom stereocenters. The maximum absolute atomic E-state index is 11.6. The summed E-state index contributed by atoms with van der Waals surface area (Å²) in [5.74, 6) is 0.729. The van der Waals surface area contributed by atoms with E-state index in [2.05, 4.69) is 10.7 Å².